The minimum Gasteiger partial charge on any atom is -0.465 e. The zero-order valence-corrected chi connectivity index (χ0v) is 11.1. The first-order valence-electron chi connectivity index (χ1n) is 6.46. The number of anilines is 1. The zero-order valence-electron chi connectivity index (χ0n) is 11.1. The lowest BCUT2D eigenvalue weighted by Gasteiger charge is -2.07. The van der Waals surface area contributed by atoms with Gasteiger partial charge in [0.2, 0.25) is 0 Å². The highest BCUT2D eigenvalue weighted by Gasteiger charge is 2.33. The van der Waals surface area contributed by atoms with Gasteiger partial charge < -0.3 is 15.5 Å². The Labute approximate surface area is 115 Å². The monoisotopic (exact) mass is 274 g/mol. The predicted molar refractivity (Wildman–Crippen MR) is 73.9 cm³/mol. The van der Waals surface area contributed by atoms with Crippen LogP contribution in [0.25, 0.3) is 11.3 Å². The van der Waals surface area contributed by atoms with Crippen LogP contribution in [0.1, 0.15) is 34.7 Å². The summed E-state index contributed by atoms with van der Waals surface area (Å²) >= 11 is 0. The van der Waals surface area contributed by atoms with E-state index in [-0.39, 0.29) is 0 Å². The van der Waals surface area contributed by atoms with Crippen molar-refractivity contribution < 1.29 is 13.9 Å². The average Bonchev–Trinajstić information content (AvgIpc) is 3.17. The van der Waals surface area contributed by atoms with Crippen LogP contribution < -0.4 is 5.73 Å². The number of aromatic amines is 1. The molecule has 1 heterocycles. The summed E-state index contributed by atoms with van der Waals surface area (Å²) in [5.74, 6) is -0.502. The summed E-state index contributed by atoms with van der Waals surface area (Å²) in [4.78, 5) is 14.8. The number of rotatable bonds is 3. The Morgan fingerprint density at radius 2 is 2.20 bits per heavy atom. The van der Waals surface area contributed by atoms with E-state index in [0.717, 1.165) is 18.4 Å². The number of hydrogen-bond acceptors (Lipinski definition) is 3. The van der Waals surface area contributed by atoms with Crippen molar-refractivity contribution in [1.82, 2.24) is 4.98 Å². The quantitative estimate of drug-likeness (QED) is 0.667. The summed E-state index contributed by atoms with van der Waals surface area (Å²) in [5, 5.41) is 0. The maximum absolute atomic E-state index is 14.1. The molecule has 104 valence electrons. The van der Waals surface area contributed by atoms with Crippen LogP contribution in [0.2, 0.25) is 0 Å². The number of carbonyl (C=O) groups is 1. The minimum atomic E-state index is -0.398. The molecule has 1 aromatic heterocycles. The molecule has 0 amide bonds. The van der Waals surface area contributed by atoms with Gasteiger partial charge in [0.15, 0.2) is 0 Å². The third kappa shape index (κ3) is 2.05. The largest absolute Gasteiger partial charge is 0.465 e. The summed E-state index contributed by atoms with van der Waals surface area (Å²) < 4.78 is 18.9. The van der Waals surface area contributed by atoms with Crippen LogP contribution in [0, 0.1) is 5.82 Å². The number of H-pyrrole nitrogens is 1. The first kappa shape index (κ1) is 12.7. The first-order chi connectivity index (χ1) is 9.61. The number of benzene rings is 1. The van der Waals surface area contributed by atoms with Crippen molar-refractivity contribution in [2.24, 2.45) is 0 Å². The molecule has 0 bridgehead atoms. The average molecular weight is 274 g/mol. The first-order valence-corrected chi connectivity index (χ1v) is 6.46. The topological polar surface area (TPSA) is 68.1 Å². The Morgan fingerprint density at radius 3 is 2.80 bits per heavy atom. The van der Waals surface area contributed by atoms with Gasteiger partial charge in [0.05, 0.1) is 18.4 Å². The highest BCUT2D eigenvalue weighted by Crippen LogP contribution is 2.46. The van der Waals surface area contributed by atoms with Gasteiger partial charge in [-0.2, -0.15) is 0 Å². The number of nitrogens with one attached hydrogen (secondary N) is 1. The van der Waals surface area contributed by atoms with Gasteiger partial charge in [-0.3, -0.25) is 0 Å². The summed E-state index contributed by atoms with van der Waals surface area (Å²) in [5.41, 5.74) is 8.35. The van der Waals surface area contributed by atoms with Crippen LogP contribution >= 0.6 is 0 Å². The molecule has 2 aromatic rings. The number of hydrogen-bond donors (Lipinski definition) is 2. The molecule has 5 heteroatoms. The van der Waals surface area contributed by atoms with Crippen LogP contribution in [-0.4, -0.2) is 18.1 Å². The third-order valence-corrected chi connectivity index (χ3v) is 3.57. The molecule has 0 aliphatic heterocycles. The van der Waals surface area contributed by atoms with Crippen molar-refractivity contribution in [3.8, 4) is 11.3 Å². The fourth-order valence-electron chi connectivity index (χ4n) is 2.47. The maximum Gasteiger partial charge on any atom is 0.339 e. The van der Waals surface area contributed by atoms with Gasteiger partial charge in [0.25, 0.3) is 0 Å². The van der Waals surface area contributed by atoms with Crippen LogP contribution in [-0.2, 0) is 4.74 Å². The fraction of sp³-hybridized carbons (Fsp3) is 0.267. The summed E-state index contributed by atoms with van der Waals surface area (Å²) in [6, 6.07) is 4.56. The lowest BCUT2D eigenvalue weighted by Crippen LogP contribution is -2.03. The normalized spacial score (nSPS) is 14.3. The molecule has 0 spiro atoms. The van der Waals surface area contributed by atoms with E-state index in [1.807, 2.05) is 0 Å². The summed E-state index contributed by atoms with van der Waals surface area (Å²) in [6.07, 6.45) is 3.60. The van der Waals surface area contributed by atoms with E-state index in [4.69, 9.17) is 10.5 Å². The van der Waals surface area contributed by atoms with E-state index in [1.54, 1.807) is 18.3 Å². The van der Waals surface area contributed by atoms with E-state index in [0.29, 0.717) is 28.4 Å². The molecule has 1 aliphatic carbocycles. The predicted octanol–water partition coefficient (Wildman–Crippen LogP) is 3.07. The molecule has 0 unspecified atom stereocenters. The van der Waals surface area contributed by atoms with Gasteiger partial charge in [0.1, 0.15) is 5.82 Å². The summed E-state index contributed by atoms with van der Waals surface area (Å²) in [6.45, 7) is 0. The molecule has 3 rings (SSSR count). The van der Waals surface area contributed by atoms with Gasteiger partial charge in [-0.15, -0.1) is 0 Å². The van der Waals surface area contributed by atoms with Gasteiger partial charge in [-0.25, -0.2) is 9.18 Å². The van der Waals surface area contributed by atoms with Gasteiger partial charge >= 0.3 is 5.97 Å². The second-order valence-corrected chi connectivity index (χ2v) is 5.00. The van der Waals surface area contributed by atoms with Gasteiger partial charge in [-0.1, -0.05) is 0 Å². The van der Waals surface area contributed by atoms with Crippen LogP contribution in [0.3, 0.4) is 0 Å². The molecule has 1 fully saturated rings. The lowest BCUT2D eigenvalue weighted by atomic mass is 10.0. The molecule has 4 nitrogen and oxygen atoms in total. The van der Waals surface area contributed by atoms with E-state index in [1.165, 1.54) is 13.2 Å². The Kier molecular flexibility index (Phi) is 2.97. The van der Waals surface area contributed by atoms with Crippen molar-refractivity contribution in [3.63, 3.8) is 0 Å². The number of nitrogens with two attached hydrogens (primary N) is 1. The van der Waals surface area contributed by atoms with Gasteiger partial charge in [0, 0.05) is 17.4 Å². The van der Waals surface area contributed by atoms with E-state index >= 15 is 0 Å². The van der Waals surface area contributed by atoms with Crippen molar-refractivity contribution >= 4 is 11.7 Å². The SMILES string of the molecule is COC(=O)c1c[nH]c(-c2ccc(N)cc2F)c1C1CC1. The molecule has 3 N–H and O–H groups in total. The number of methoxy groups -OCH3 is 1. The fourth-order valence-corrected chi connectivity index (χ4v) is 2.47. The molecule has 1 aromatic carbocycles. The van der Waals surface area contributed by atoms with Crippen molar-refractivity contribution in [3.05, 3.63) is 41.3 Å². The molecular weight excluding hydrogens is 259 g/mol. The Morgan fingerprint density at radius 1 is 1.45 bits per heavy atom. The number of esters is 1. The molecule has 0 radical (unpaired) electrons. The highest BCUT2D eigenvalue weighted by molar-refractivity contribution is 5.94. The number of ether oxygens (including phenoxy) is 1. The summed E-state index contributed by atoms with van der Waals surface area (Å²) in [7, 11) is 1.34. The second-order valence-electron chi connectivity index (χ2n) is 5.00. The van der Waals surface area contributed by atoms with Crippen molar-refractivity contribution in [2.75, 3.05) is 12.8 Å². The standard InChI is InChI=1S/C15H15FN2O2/c1-20-15(19)11-7-18-14(13(11)8-2-3-8)10-5-4-9(17)6-12(10)16/h4-8,18H,2-3,17H2,1H3. The van der Waals surface area contributed by atoms with E-state index < -0.39 is 11.8 Å². The molecule has 20 heavy (non-hydrogen) atoms. The molecule has 1 aliphatic rings. The molecule has 0 saturated heterocycles. The van der Waals surface area contributed by atoms with Crippen molar-refractivity contribution in [2.45, 2.75) is 18.8 Å². The zero-order chi connectivity index (χ0) is 14.3. The lowest BCUT2D eigenvalue weighted by molar-refractivity contribution is 0.0599. The second kappa shape index (κ2) is 4.67. The Hall–Kier alpha value is -2.30. The smallest absolute Gasteiger partial charge is 0.339 e. The van der Waals surface area contributed by atoms with E-state index in [2.05, 4.69) is 4.98 Å². The number of halogens is 1. The third-order valence-electron chi connectivity index (χ3n) is 3.57. The van der Waals surface area contributed by atoms with Crippen molar-refractivity contribution in [1.29, 1.82) is 0 Å². The molecule has 0 atom stereocenters. The highest BCUT2D eigenvalue weighted by atomic mass is 19.1. The van der Waals surface area contributed by atoms with Crippen LogP contribution in [0.15, 0.2) is 24.4 Å². The molecular formula is C15H15FN2O2. The van der Waals surface area contributed by atoms with Crippen LogP contribution in [0.5, 0.6) is 0 Å². The Bertz CT molecular complexity index is 675. The van der Waals surface area contributed by atoms with Crippen LogP contribution in [0.4, 0.5) is 10.1 Å². The Balaban J connectivity index is 2.14. The molecule has 1 saturated carbocycles. The maximum atomic E-state index is 14.1. The van der Waals surface area contributed by atoms with E-state index in [9.17, 15) is 9.18 Å². The number of nitrogen functional groups attached to an aromatic ring is 1. The minimum absolute atomic E-state index is 0.294. The van der Waals surface area contributed by atoms with Gasteiger partial charge in [-0.05, 0) is 42.5 Å². The number of carbonyl (C=O) groups excluding carboxylic acids is 1. The number of aromatic nitrogens is 1.